The molecule has 1 N–H and O–H groups in total. The normalized spacial score (nSPS) is 11.1. The Morgan fingerprint density at radius 2 is 1.96 bits per heavy atom. The molecule has 8 nitrogen and oxygen atoms in total. The zero-order chi connectivity index (χ0) is 18.5. The van der Waals surface area contributed by atoms with E-state index in [4.69, 9.17) is 23.0 Å². The van der Waals surface area contributed by atoms with Crippen molar-refractivity contribution in [2.24, 2.45) is 0 Å². The maximum Gasteiger partial charge on any atom is 0.397 e. The minimum Gasteiger partial charge on any atom is -0.507 e. The van der Waals surface area contributed by atoms with Gasteiger partial charge in [0.15, 0.2) is 11.0 Å². The maximum absolute atomic E-state index is 12.3. The van der Waals surface area contributed by atoms with Gasteiger partial charge < -0.3 is 23.7 Å². The number of rotatable bonds is 7. The van der Waals surface area contributed by atoms with E-state index in [0.29, 0.717) is 19.0 Å². The number of esters is 1. The lowest BCUT2D eigenvalue weighted by atomic mass is 10.1. The molecule has 136 valence electrons. The summed E-state index contributed by atoms with van der Waals surface area (Å²) in [7, 11) is 1.56. The van der Waals surface area contributed by atoms with E-state index in [1.165, 1.54) is 30.3 Å². The summed E-state index contributed by atoms with van der Waals surface area (Å²) in [5.74, 6) is -0.611. The molecule has 0 aromatic heterocycles. The lowest BCUT2D eigenvalue weighted by Crippen LogP contribution is -2.13. The van der Waals surface area contributed by atoms with Crippen molar-refractivity contribution in [2.45, 2.75) is 0 Å². The zero-order valence-corrected chi connectivity index (χ0v) is 14.0. The van der Waals surface area contributed by atoms with Gasteiger partial charge in [-0.15, -0.1) is 0 Å². The van der Waals surface area contributed by atoms with Crippen LogP contribution in [0.15, 0.2) is 44.0 Å². The predicted molar refractivity (Wildman–Crippen MR) is 90.4 cm³/mol. The second-order valence-corrected chi connectivity index (χ2v) is 5.34. The third kappa shape index (κ3) is 3.81. The van der Waals surface area contributed by atoms with E-state index in [-0.39, 0.29) is 46.9 Å². The molecule has 8 heteroatoms. The average Bonchev–Trinajstić information content (AvgIpc) is 2.62. The molecule has 0 amide bonds. The van der Waals surface area contributed by atoms with Crippen LogP contribution in [0.3, 0.4) is 0 Å². The van der Waals surface area contributed by atoms with Crippen molar-refractivity contribution in [3.63, 3.8) is 0 Å². The van der Waals surface area contributed by atoms with Crippen molar-refractivity contribution in [3.05, 3.63) is 46.1 Å². The molecule has 0 bridgehead atoms. The number of fused-ring (bicyclic) bond motifs is 2. The third-order valence-electron chi connectivity index (χ3n) is 3.54. The molecule has 1 heterocycles. The van der Waals surface area contributed by atoms with Crippen LogP contribution in [0.5, 0.6) is 5.75 Å². The number of carbonyl (C=O) groups is 1. The first-order valence-corrected chi connectivity index (χ1v) is 7.86. The van der Waals surface area contributed by atoms with E-state index in [9.17, 15) is 14.7 Å². The quantitative estimate of drug-likeness (QED) is 0.296. The Bertz CT molecular complexity index is 946. The molecule has 1 aliphatic carbocycles. The number of benzene rings is 2. The molecule has 0 saturated carbocycles. The number of phenolic OH excluding ortho intramolecular Hbond substituents is 1. The summed E-state index contributed by atoms with van der Waals surface area (Å²) >= 11 is 0. The van der Waals surface area contributed by atoms with Gasteiger partial charge in [0.25, 0.3) is 0 Å². The Balaban J connectivity index is 1.87. The molecule has 1 aliphatic heterocycles. The van der Waals surface area contributed by atoms with E-state index < -0.39 is 5.97 Å². The largest absolute Gasteiger partial charge is 0.507 e. The highest BCUT2D eigenvalue weighted by Crippen LogP contribution is 2.33. The van der Waals surface area contributed by atoms with E-state index in [1.807, 2.05) is 0 Å². The van der Waals surface area contributed by atoms with Crippen molar-refractivity contribution in [1.29, 1.82) is 0 Å². The first-order valence-electron chi connectivity index (χ1n) is 7.86. The van der Waals surface area contributed by atoms with Gasteiger partial charge in [0.1, 0.15) is 12.4 Å². The number of aromatic hydroxyl groups is 1. The van der Waals surface area contributed by atoms with Crippen LogP contribution in [-0.2, 0) is 14.2 Å². The van der Waals surface area contributed by atoms with Gasteiger partial charge >= 0.3 is 17.3 Å². The molecule has 0 unspecified atom stereocenters. The summed E-state index contributed by atoms with van der Waals surface area (Å²) in [4.78, 5) is 23.8. The number of hydrogen-bond donors (Lipinski definition) is 1. The summed E-state index contributed by atoms with van der Waals surface area (Å²) in [5.41, 5.74) is -0.222. The molecule has 0 atom stereocenters. The minimum absolute atomic E-state index is 0.00611. The number of hydrogen-bond acceptors (Lipinski definition) is 7. The van der Waals surface area contributed by atoms with Crippen LogP contribution < -0.4 is 5.43 Å². The molecule has 3 rings (SSSR count). The summed E-state index contributed by atoms with van der Waals surface area (Å²) < 4.78 is 26.4. The lowest BCUT2D eigenvalue weighted by molar-refractivity contribution is 0.0212. The van der Waals surface area contributed by atoms with Gasteiger partial charge in [-0.05, 0) is 12.1 Å². The van der Waals surface area contributed by atoms with Crippen molar-refractivity contribution in [2.75, 3.05) is 33.5 Å². The summed E-state index contributed by atoms with van der Waals surface area (Å²) in [5, 5.41) is 10.1. The highest BCUT2D eigenvalue weighted by molar-refractivity contribution is 6.03. The molecule has 1 aromatic carbocycles. The van der Waals surface area contributed by atoms with Gasteiger partial charge in [-0.25, -0.2) is 4.79 Å². The second kappa shape index (κ2) is 7.94. The van der Waals surface area contributed by atoms with Crippen LogP contribution in [-0.4, -0.2) is 44.6 Å². The second-order valence-electron chi connectivity index (χ2n) is 5.34. The third-order valence-corrected chi connectivity index (χ3v) is 3.54. The molecule has 0 spiro atoms. The van der Waals surface area contributed by atoms with Crippen LogP contribution in [0.1, 0.15) is 10.4 Å². The van der Waals surface area contributed by atoms with Crippen molar-refractivity contribution in [1.82, 2.24) is 0 Å². The van der Waals surface area contributed by atoms with E-state index >= 15 is 0 Å². The topological polar surface area (TPSA) is 107 Å². The van der Waals surface area contributed by atoms with Crippen molar-refractivity contribution < 1.29 is 32.9 Å². The Labute approximate surface area is 147 Å². The van der Waals surface area contributed by atoms with Gasteiger partial charge in [0.2, 0.25) is 11.3 Å². The van der Waals surface area contributed by atoms with Crippen LogP contribution >= 0.6 is 0 Å². The van der Waals surface area contributed by atoms with Crippen LogP contribution in [0.25, 0.3) is 22.7 Å². The molecule has 0 fully saturated rings. The smallest absolute Gasteiger partial charge is 0.397 e. The minimum atomic E-state index is -0.792. The monoisotopic (exact) mass is 361 g/mol. The molecule has 0 radical (unpaired) electrons. The van der Waals surface area contributed by atoms with Crippen LogP contribution in [0.4, 0.5) is 0 Å². The Kier molecular flexibility index (Phi) is 5.45. The SMILES string of the molecule is COCCOCCOC(=O)c1c(O)ccc2[o+]c3ccc(=O)cc-3oc12. The number of phenols is 1. The molecular weight excluding hydrogens is 344 g/mol. The molecule has 1 aromatic rings. The fraction of sp³-hybridized carbons (Fsp3) is 0.278. The van der Waals surface area contributed by atoms with Crippen molar-refractivity contribution in [3.8, 4) is 17.3 Å². The predicted octanol–water partition coefficient (Wildman–Crippen LogP) is 2.30. The average molecular weight is 361 g/mol. The Morgan fingerprint density at radius 1 is 1.15 bits per heavy atom. The summed E-state index contributed by atoms with van der Waals surface area (Å²) in [6.07, 6.45) is 0. The van der Waals surface area contributed by atoms with E-state index in [0.717, 1.165) is 0 Å². The summed E-state index contributed by atoms with van der Waals surface area (Å²) in [6.45, 7) is 0.997. The van der Waals surface area contributed by atoms with Gasteiger partial charge in [0.05, 0.1) is 32.0 Å². The Hall–Kier alpha value is -2.97. The number of ether oxygens (including phenoxy) is 3. The van der Waals surface area contributed by atoms with Gasteiger partial charge in [-0.1, -0.05) is 0 Å². The standard InChI is InChI=1S/C18H16O8/c1-22-6-7-23-8-9-24-18(21)16-12(20)3-5-14-17(16)26-15-10-11(19)2-4-13(15)25-14/h2-5,10H,6-9H2,1H3/p+1. The summed E-state index contributed by atoms with van der Waals surface area (Å²) in [6, 6.07) is 6.82. The number of methoxy groups -OCH3 is 1. The molecule has 26 heavy (non-hydrogen) atoms. The van der Waals surface area contributed by atoms with Gasteiger partial charge in [-0.2, -0.15) is 4.42 Å². The van der Waals surface area contributed by atoms with E-state index in [2.05, 4.69) is 0 Å². The molecular formula is C18H17O8+. The van der Waals surface area contributed by atoms with Crippen molar-refractivity contribution >= 4 is 17.1 Å². The first-order chi connectivity index (χ1) is 12.6. The van der Waals surface area contributed by atoms with Crippen LogP contribution in [0.2, 0.25) is 0 Å². The van der Waals surface area contributed by atoms with Crippen LogP contribution in [0, 0.1) is 0 Å². The lowest BCUT2D eigenvalue weighted by Gasteiger charge is -2.07. The Morgan fingerprint density at radius 3 is 2.77 bits per heavy atom. The fourth-order valence-corrected chi connectivity index (χ4v) is 2.32. The van der Waals surface area contributed by atoms with Gasteiger partial charge in [-0.3, -0.25) is 4.79 Å². The maximum atomic E-state index is 12.3. The highest BCUT2D eigenvalue weighted by atomic mass is 16.6. The first kappa shape index (κ1) is 17.8. The molecule has 0 saturated heterocycles. The number of carbonyl (C=O) groups excluding carboxylic acids is 1. The fourth-order valence-electron chi connectivity index (χ4n) is 2.32. The highest BCUT2D eigenvalue weighted by Gasteiger charge is 2.28. The molecule has 2 aliphatic rings. The zero-order valence-electron chi connectivity index (χ0n) is 14.0. The van der Waals surface area contributed by atoms with Gasteiger partial charge in [0, 0.05) is 13.2 Å². The van der Waals surface area contributed by atoms with E-state index in [1.54, 1.807) is 7.11 Å².